The normalized spacial score (nSPS) is 11.5. The van der Waals surface area contributed by atoms with Crippen LogP contribution in [0.5, 0.6) is 0 Å². The van der Waals surface area contributed by atoms with Crippen molar-refractivity contribution >= 4 is 51.3 Å². The van der Waals surface area contributed by atoms with Crippen LogP contribution in [0.4, 0.5) is 5.82 Å². The molecule has 0 saturated heterocycles. The maximum absolute atomic E-state index is 13.7. The average molecular weight is 613 g/mol. The summed E-state index contributed by atoms with van der Waals surface area (Å²) in [5, 5.41) is 8.77. The summed E-state index contributed by atoms with van der Waals surface area (Å²) >= 11 is 5.68. The highest BCUT2D eigenvalue weighted by Gasteiger charge is 2.24. The van der Waals surface area contributed by atoms with Gasteiger partial charge >= 0.3 is 11.6 Å². The molecule has 3 heterocycles. The minimum atomic E-state index is -0.750. The smallest absolute Gasteiger partial charge is 0.335 e. The van der Waals surface area contributed by atoms with E-state index in [0.29, 0.717) is 38.5 Å². The first kappa shape index (κ1) is 29.4. The van der Waals surface area contributed by atoms with E-state index in [1.54, 1.807) is 22.9 Å². The second kappa shape index (κ2) is 12.4. The molecule has 6 aromatic rings. The van der Waals surface area contributed by atoms with Crippen molar-refractivity contribution in [1.29, 1.82) is 0 Å². The molecule has 0 aliphatic carbocycles. The predicted molar refractivity (Wildman–Crippen MR) is 167 cm³/mol. The number of fused-ring (bicyclic) bond motifs is 2. The summed E-state index contributed by atoms with van der Waals surface area (Å²) in [6.45, 7) is 3.82. The molecule has 0 saturated carbocycles. The Balaban J connectivity index is 0.00000118. The number of rotatable bonds is 5. The minimum Gasteiger partial charge on any atom is -0.381 e. The van der Waals surface area contributed by atoms with Crippen LogP contribution in [-0.2, 0) is 11.6 Å². The Morgan fingerprint density at radius 1 is 1.00 bits per heavy atom. The molecule has 6 rings (SSSR count). The third-order valence-electron chi connectivity index (χ3n) is 6.88. The SMILES string of the molecule is Cc1cccc(-c2ccn3nc(N)c(C(=O)N[C@@H](C)c4cc5cccc(Cl)c5c(=O)n4-c4ccccc4)c3n2)c1.O=S=O. The number of halogens is 1. The van der Waals surface area contributed by atoms with Crippen molar-refractivity contribution in [3.63, 3.8) is 0 Å². The van der Waals surface area contributed by atoms with E-state index in [2.05, 4.69) is 10.4 Å². The molecule has 0 aliphatic rings. The molecular formula is C31H25ClN6O4S. The lowest BCUT2D eigenvalue weighted by Crippen LogP contribution is -2.32. The largest absolute Gasteiger partial charge is 0.381 e. The van der Waals surface area contributed by atoms with E-state index in [1.807, 2.05) is 86.6 Å². The number of para-hydroxylation sites is 1. The molecule has 3 N–H and O–H groups in total. The number of hydrogen-bond acceptors (Lipinski definition) is 7. The molecular weight excluding hydrogens is 588 g/mol. The molecule has 3 aromatic carbocycles. The van der Waals surface area contributed by atoms with Gasteiger partial charge in [0.15, 0.2) is 11.5 Å². The first-order valence-corrected chi connectivity index (χ1v) is 14.1. The number of benzene rings is 3. The zero-order chi connectivity index (χ0) is 30.7. The quantitative estimate of drug-likeness (QED) is 0.277. The topological polar surface area (TPSA) is 141 Å². The Bertz CT molecular complexity index is 2090. The van der Waals surface area contributed by atoms with Crippen LogP contribution < -0.4 is 16.6 Å². The van der Waals surface area contributed by atoms with Gasteiger partial charge in [0.25, 0.3) is 11.5 Å². The van der Waals surface area contributed by atoms with E-state index >= 15 is 0 Å². The van der Waals surface area contributed by atoms with Gasteiger partial charge in [0.1, 0.15) is 5.56 Å². The molecule has 0 aliphatic heterocycles. The highest BCUT2D eigenvalue weighted by molar-refractivity contribution is 7.51. The van der Waals surface area contributed by atoms with E-state index in [0.717, 1.165) is 11.1 Å². The van der Waals surface area contributed by atoms with Crippen LogP contribution in [0.15, 0.2) is 95.9 Å². The summed E-state index contributed by atoms with van der Waals surface area (Å²) in [7, 11) is 0. The number of carbonyl (C=O) groups is 1. The number of nitrogen functional groups attached to an aromatic ring is 1. The number of anilines is 1. The first-order valence-electron chi connectivity index (χ1n) is 13.1. The van der Waals surface area contributed by atoms with Gasteiger partial charge < -0.3 is 11.1 Å². The van der Waals surface area contributed by atoms with E-state index in [-0.39, 0.29) is 16.9 Å². The Morgan fingerprint density at radius 2 is 1.72 bits per heavy atom. The van der Waals surface area contributed by atoms with Crippen LogP contribution in [0.3, 0.4) is 0 Å². The van der Waals surface area contributed by atoms with Crippen molar-refractivity contribution < 1.29 is 13.2 Å². The Hall–Kier alpha value is -5.13. The highest BCUT2D eigenvalue weighted by Crippen LogP contribution is 2.27. The van der Waals surface area contributed by atoms with Gasteiger partial charge in [0.05, 0.1) is 22.1 Å². The summed E-state index contributed by atoms with van der Waals surface area (Å²) < 4.78 is 19.7. The number of carbonyl (C=O) groups excluding carboxylic acids is 1. The fraction of sp³-hybridized carbons (Fsp3) is 0.0968. The fourth-order valence-corrected chi connectivity index (χ4v) is 5.24. The number of aromatic nitrogens is 4. The molecule has 216 valence electrons. The lowest BCUT2D eigenvalue weighted by atomic mass is 10.1. The molecule has 1 atom stereocenters. The van der Waals surface area contributed by atoms with Gasteiger partial charge in [-0.2, -0.15) is 8.42 Å². The summed E-state index contributed by atoms with van der Waals surface area (Å²) in [6.07, 6.45) is 1.73. The highest BCUT2D eigenvalue weighted by atomic mass is 35.5. The average Bonchev–Trinajstić information content (AvgIpc) is 3.32. The number of amides is 1. The van der Waals surface area contributed by atoms with Crippen LogP contribution in [-0.4, -0.2) is 33.5 Å². The van der Waals surface area contributed by atoms with E-state index < -0.39 is 23.5 Å². The summed E-state index contributed by atoms with van der Waals surface area (Å²) in [4.78, 5) is 32.1. The van der Waals surface area contributed by atoms with Gasteiger partial charge in [-0.1, -0.05) is 65.7 Å². The molecule has 0 radical (unpaired) electrons. The maximum atomic E-state index is 13.7. The van der Waals surface area contributed by atoms with Crippen molar-refractivity contribution in [2.24, 2.45) is 0 Å². The third-order valence-corrected chi connectivity index (χ3v) is 7.20. The third kappa shape index (κ3) is 5.81. The summed E-state index contributed by atoms with van der Waals surface area (Å²) in [6, 6.07) is 25.6. The second-order valence-electron chi connectivity index (χ2n) is 9.72. The Labute approximate surface area is 254 Å². The van der Waals surface area contributed by atoms with Crippen LogP contribution in [0.1, 0.15) is 34.6 Å². The number of nitrogens with one attached hydrogen (secondary N) is 1. The van der Waals surface area contributed by atoms with Gasteiger partial charge in [-0.3, -0.25) is 14.2 Å². The number of aryl methyl sites for hydroxylation is 1. The van der Waals surface area contributed by atoms with Crippen LogP contribution >= 0.6 is 11.6 Å². The maximum Gasteiger partial charge on any atom is 0.335 e. The van der Waals surface area contributed by atoms with Crippen molar-refractivity contribution in [2.45, 2.75) is 19.9 Å². The number of hydrogen-bond donors (Lipinski definition) is 2. The lowest BCUT2D eigenvalue weighted by molar-refractivity contribution is 0.0941. The standard InChI is InChI=1S/C31H25ClN6O2.O2S/c1-18-8-6-9-20(16-18)24-14-15-37-29(35-24)27(28(33)36-37)30(39)34-19(2)25-17-21-10-7-13-23(32)26(21)31(40)38(25)22-11-4-3-5-12-22;1-3-2/h3-17,19H,1-2H3,(H2,33,36)(H,34,39);/t19-;/m0./s1. The first-order chi connectivity index (χ1) is 20.7. The molecule has 43 heavy (non-hydrogen) atoms. The van der Waals surface area contributed by atoms with Crippen LogP contribution in [0.2, 0.25) is 5.02 Å². The monoisotopic (exact) mass is 612 g/mol. The van der Waals surface area contributed by atoms with Gasteiger partial charge in [-0.15, -0.1) is 5.10 Å². The number of nitrogens with two attached hydrogens (primary N) is 1. The molecule has 10 nitrogen and oxygen atoms in total. The fourth-order valence-electron chi connectivity index (χ4n) is 4.97. The molecule has 0 fully saturated rings. The van der Waals surface area contributed by atoms with Crippen molar-refractivity contribution in [3.8, 4) is 16.9 Å². The van der Waals surface area contributed by atoms with Crippen molar-refractivity contribution in [3.05, 3.63) is 123 Å². The molecule has 0 bridgehead atoms. The molecule has 12 heteroatoms. The van der Waals surface area contributed by atoms with E-state index in [1.165, 1.54) is 4.52 Å². The van der Waals surface area contributed by atoms with Gasteiger partial charge in [0.2, 0.25) is 0 Å². The lowest BCUT2D eigenvalue weighted by Gasteiger charge is -2.21. The van der Waals surface area contributed by atoms with Gasteiger partial charge in [0, 0.05) is 23.1 Å². The van der Waals surface area contributed by atoms with Crippen LogP contribution in [0.25, 0.3) is 33.4 Å². The van der Waals surface area contributed by atoms with Gasteiger partial charge in [-0.25, -0.2) is 9.50 Å². The molecule has 1 amide bonds. The minimum absolute atomic E-state index is 0.0596. The van der Waals surface area contributed by atoms with Crippen molar-refractivity contribution in [2.75, 3.05) is 5.73 Å². The van der Waals surface area contributed by atoms with E-state index in [9.17, 15) is 9.59 Å². The van der Waals surface area contributed by atoms with Crippen molar-refractivity contribution in [1.82, 2.24) is 24.5 Å². The predicted octanol–water partition coefficient (Wildman–Crippen LogP) is 5.07. The Kier molecular flexibility index (Phi) is 8.46. The molecule has 3 aromatic heterocycles. The molecule has 0 unspecified atom stereocenters. The summed E-state index contributed by atoms with van der Waals surface area (Å²) in [5.41, 5.74) is 10.4. The second-order valence-corrected chi connectivity index (χ2v) is 10.3. The molecule has 0 spiro atoms. The zero-order valence-electron chi connectivity index (χ0n) is 23.0. The zero-order valence-corrected chi connectivity index (χ0v) is 24.6. The number of nitrogens with zero attached hydrogens (tertiary/aromatic N) is 4. The number of pyridine rings is 1. The summed E-state index contributed by atoms with van der Waals surface area (Å²) in [5.74, 6) is -0.392. The van der Waals surface area contributed by atoms with Gasteiger partial charge in [-0.05, 0) is 55.6 Å². The van der Waals surface area contributed by atoms with E-state index in [4.69, 9.17) is 30.7 Å². The Morgan fingerprint density at radius 3 is 2.44 bits per heavy atom. The van der Waals surface area contributed by atoms with Crippen LogP contribution in [0, 0.1) is 6.92 Å².